The first-order valence-corrected chi connectivity index (χ1v) is 11.5. The number of hydrogen-bond acceptors (Lipinski definition) is 7. The van der Waals surface area contributed by atoms with E-state index in [4.69, 9.17) is 19.7 Å². The molecule has 4 heterocycles. The number of rotatable bonds is 4. The molecule has 4 aromatic rings. The molecule has 0 atom stereocenters. The molecule has 1 fully saturated rings. The molecular weight excluding hydrogens is 451 g/mol. The van der Waals surface area contributed by atoms with Crippen LogP contribution in [0.1, 0.15) is 18.1 Å². The minimum atomic E-state index is -4.37. The highest BCUT2D eigenvalue weighted by Gasteiger charge is 2.30. The summed E-state index contributed by atoms with van der Waals surface area (Å²) in [6.07, 6.45) is -4.37. The van der Waals surface area contributed by atoms with E-state index in [0.717, 1.165) is 64.3 Å². The van der Waals surface area contributed by atoms with Crippen LogP contribution in [0.4, 0.5) is 19.1 Å². The number of halogens is 3. The van der Waals surface area contributed by atoms with Gasteiger partial charge in [-0.3, -0.25) is 0 Å². The number of benzene rings is 1. The Bertz CT molecular complexity index is 1310. The smallest absolute Gasteiger partial charge is 0.416 e. The lowest BCUT2D eigenvalue weighted by Crippen LogP contribution is -2.44. The molecule has 1 saturated heterocycles. The summed E-state index contributed by atoms with van der Waals surface area (Å²) in [4.78, 5) is 17.2. The molecule has 0 unspecified atom stereocenters. The van der Waals surface area contributed by atoms with Crippen LogP contribution in [0.2, 0.25) is 0 Å². The van der Waals surface area contributed by atoms with Gasteiger partial charge in [-0.2, -0.15) is 18.2 Å². The molecular formula is C23H22F3N5OS. The van der Waals surface area contributed by atoms with E-state index < -0.39 is 11.7 Å². The lowest BCUT2D eigenvalue weighted by atomic mass is 10.1. The van der Waals surface area contributed by atoms with Gasteiger partial charge in [0, 0.05) is 37.1 Å². The van der Waals surface area contributed by atoms with Crippen LogP contribution in [-0.4, -0.2) is 47.7 Å². The molecule has 1 aliphatic heterocycles. The zero-order chi connectivity index (χ0) is 23.2. The van der Waals surface area contributed by atoms with Gasteiger partial charge in [-0.15, -0.1) is 11.3 Å². The molecule has 1 aromatic carbocycles. The lowest BCUT2D eigenvalue weighted by molar-refractivity contribution is -0.137. The number of nitrogens with one attached hydrogen (secondary N) is 1. The van der Waals surface area contributed by atoms with Crippen LogP contribution in [0.5, 0.6) is 5.88 Å². The van der Waals surface area contributed by atoms with Gasteiger partial charge in [0.05, 0.1) is 17.9 Å². The van der Waals surface area contributed by atoms with E-state index in [2.05, 4.69) is 10.2 Å². The van der Waals surface area contributed by atoms with Crippen molar-refractivity contribution in [1.82, 2.24) is 20.3 Å². The Morgan fingerprint density at radius 2 is 1.82 bits per heavy atom. The second-order valence-electron chi connectivity index (χ2n) is 7.86. The van der Waals surface area contributed by atoms with Crippen LogP contribution in [-0.2, 0) is 6.18 Å². The average molecular weight is 474 g/mol. The van der Waals surface area contributed by atoms with Crippen molar-refractivity contribution in [3.8, 4) is 17.1 Å². The predicted molar refractivity (Wildman–Crippen MR) is 124 cm³/mol. The number of nitrogens with zero attached hydrogens (tertiary/aromatic N) is 4. The summed E-state index contributed by atoms with van der Waals surface area (Å²) >= 11 is 1.44. The van der Waals surface area contributed by atoms with Crippen molar-refractivity contribution in [3.63, 3.8) is 0 Å². The van der Waals surface area contributed by atoms with Gasteiger partial charge in [-0.05, 0) is 37.6 Å². The maximum Gasteiger partial charge on any atom is 0.416 e. The molecule has 172 valence electrons. The summed E-state index contributed by atoms with van der Waals surface area (Å²) in [7, 11) is 0. The summed E-state index contributed by atoms with van der Waals surface area (Å²) < 4.78 is 45.5. The predicted octanol–water partition coefficient (Wildman–Crippen LogP) is 5.04. The number of aryl methyl sites for hydroxylation is 1. The van der Waals surface area contributed by atoms with Gasteiger partial charge in [0.1, 0.15) is 15.0 Å². The van der Waals surface area contributed by atoms with Crippen molar-refractivity contribution in [1.29, 1.82) is 0 Å². The average Bonchev–Trinajstić information content (AvgIpc) is 3.19. The Morgan fingerprint density at radius 3 is 2.48 bits per heavy atom. The van der Waals surface area contributed by atoms with E-state index in [1.54, 1.807) is 0 Å². The molecule has 0 spiro atoms. The Labute approximate surface area is 192 Å². The number of ether oxygens (including phenoxy) is 1. The van der Waals surface area contributed by atoms with Gasteiger partial charge < -0.3 is 15.0 Å². The molecule has 6 nitrogen and oxygen atoms in total. The van der Waals surface area contributed by atoms with E-state index in [1.165, 1.54) is 23.5 Å². The summed E-state index contributed by atoms with van der Waals surface area (Å²) in [5.74, 6) is 1.17. The van der Waals surface area contributed by atoms with Gasteiger partial charge in [0.2, 0.25) is 11.8 Å². The Kier molecular flexibility index (Phi) is 5.57. The number of fused-ring (bicyclic) bond motifs is 3. The number of hydrogen-bond donors (Lipinski definition) is 1. The Balaban J connectivity index is 1.64. The molecule has 1 aliphatic rings. The van der Waals surface area contributed by atoms with Crippen LogP contribution in [0.15, 0.2) is 30.3 Å². The molecule has 1 N–H and O–H groups in total. The number of alkyl halides is 3. The summed E-state index contributed by atoms with van der Waals surface area (Å²) in [6.45, 7) is 7.72. The van der Waals surface area contributed by atoms with Gasteiger partial charge in [0.15, 0.2) is 0 Å². The van der Waals surface area contributed by atoms with Crippen LogP contribution in [0.25, 0.3) is 31.7 Å². The third-order valence-corrected chi connectivity index (χ3v) is 6.69. The van der Waals surface area contributed by atoms with E-state index in [9.17, 15) is 13.2 Å². The van der Waals surface area contributed by atoms with Gasteiger partial charge in [0.25, 0.3) is 0 Å². The molecule has 5 rings (SSSR count). The van der Waals surface area contributed by atoms with Crippen molar-refractivity contribution in [2.45, 2.75) is 20.0 Å². The summed E-state index contributed by atoms with van der Waals surface area (Å²) in [5.41, 5.74) is 2.32. The molecule has 10 heteroatoms. The Hall–Kier alpha value is -2.98. The van der Waals surface area contributed by atoms with Gasteiger partial charge in [-0.25, -0.2) is 9.97 Å². The number of pyridine rings is 1. The number of aromatic nitrogens is 3. The largest absolute Gasteiger partial charge is 0.477 e. The highest BCUT2D eigenvalue weighted by Crippen LogP contribution is 2.40. The molecule has 33 heavy (non-hydrogen) atoms. The number of anilines is 1. The van der Waals surface area contributed by atoms with Crippen LogP contribution in [0, 0.1) is 6.92 Å². The van der Waals surface area contributed by atoms with Gasteiger partial charge >= 0.3 is 6.18 Å². The fourth-order valence-electron chi connectivity index (χ4n) is 4.00. The summed E-state index contributed by atoms with van der Waals surface area (Å²) in [6, 6.07) is 6.97. The summed E-state index contributed by atoms with van der Waals surface area (Å²) in [5, 5.41) is 4.25. The van der Waals surface area contributed by atoms with Crippen molar-refractivity contribution in [3.05, 3.63) is 41.5 Å². The Morgan fingerprint density at radius 1 is 1.09 bits per heavy atom. The first-order valence-electron chi connectivity index (χ1n) is 10.7. The molecule has 3 aromatic heterocycles. The van der Waals surface area contributed by atoms with Crippen molar-refractivity contribution in [2.75, 3.05) is 37.7 Å². The fourth-order valence-corrected chi connectivity index (χ4v) is 5.13. The first-order chi connectivity index (χ1) is 15.8. The van der Waals surface area contributed by atoms with Crippen LogP contribution in [0.3, 0.4) is 0 Å². The second kappa shape index (κ2) is 8.42. The SMILES string of the molecule is CCOc1nc(N2CCNCC2)nc2c1sc1nc(-c3ccc(C(F)(F)F)cc3)cc(C)c12. The zero-order valence-electron chi connectivity index (χ0n) is 18.2. The second-order valence-corrected chi connectivity index (χ2v) is 8.86. The fraction of sp³-hybridized carbons (Fsp3) is 0.348. The third kappa shape index (κ3) is 4.08. The maximum atomic E-state index is 12.9. The van der Waals surface area contributed by atoms with E-state index in [1.807, 2.05) is 19.9 Å². The standard InChI is InChI=1S/C23H22F3N5OS/c1-3-32-20-19-18(29-22(30-20)31-10-8-27-9-11-31)17-13(2)12-16(28-21(17)33-19)14-4-6-15(7-5-14)23(24,25)26/h4-7,12,27H,3,8-11H2,1-2H3. The topological polar surface area (TPSA) is 63.2 Å². The molecule has 0 radical (unpaired) electrons. The molecule has 0 bridgehead atoms. The minimum Gasteiger partial charge on any atom is -0.477 e. The highest BCUT2D eigenvalue weighted by molar-refractivity contribution is 7.25. The van der Waals surface area contributed by atoms with Crippen molar-refractivity contribution in [2.24, 2.45) is 0 Å². The first kappa shape index (κ1) is 21.8. The van der Waals surface area contributed by atoms with Crippen LogP contribution >= 0.6 is 11.3 Å². The number of thiophene rings is 1. The van der Waals surface area contributed by atoms with E-state index in [0.29, 0.717) is 29.7 Å². The van der Waals surface area contributed by atoms with Crippen molar-refractivity contribution < 1.29 is 17.9 Å². The van der Waals surface area contributed by atoms with Crippen LogP contribution < -0.4 is 15.0 Å². The quantitative estimate of drug-likeness (QED) is 0.448. The van der Waals surface area contributed by atoms with E-state index >= 15 is 0 Å². The van der Waals surface area contributed by atoms with Crippen molar-refractivity contribution >= 4 is 37.7 Å². The minimum absolute atomic E-state index is 0.477. The van der Waals surface area contributed by atoms with E-state index in [-0.39, 0.29) is 0 Å². The zero-order valence-corrected chi connectivity index (χ0v) is 19.0. The van der Waals surface area contributed by atoms with Gasteiger partial charge in [-0.1, -0.05) is 12.1 Å². The molecule has 0 saturated carbocycles. The number of piperazine rings is 1. The monoisotopic (exact) mass is 473 g/mol. The lowest BCUT2D eigenvalue weighted by Gasteiger charge is -2.27. The maximum absolute atomic E-state index is 12.9. The third-order valence-electron chi connectivity index (χ3n) is 5.63. The molecule has 0 aliphatic carbocycles. The highest BCUT2D eigenvalue weighted by atomic mass is 32.1. The molecule has 0 amide bonds. The normalized spacial score (nSPS) is 14.9.